The topological polar surface area (TPSA) is 102 Å². The molecule has 0 unspecified atom stereocenters. The van der Waals surface area contributed by atoms with Gasteiger partial charge < -0.3 is 10.1 Å². The Balaban J connectivity index is 1.95. The summed E-state index contributed by atoms with van der Waals surface area (Å²) in [5.74, 6) is -0.907. The number of ether oxygens (including phenoxy) is 1. The molecular formula is C21H24N2O5S. The Morgan fingerprint density at radius 1 is 1.14 bits per heavy atom. The fourth-order valence-corrected chi connectivity index (χ4v) is 3.45. The van der Waals surface area contributed by atoms with E-state index in [0.29, 0.717) is 11.6 Å². The molecule has 0 atom stereocenters. The van der Waals surface area contributed by atoms with E-state index in [2.05, 4.69) is 30.5 Å². The molecule has 0 spiro atoms. The highest BCUT2D eigenvalue weighted by Crippen LogP contribution is 2.17. The maximum atomic E-state index is 12.2. The monoisotopic (exact) mass is 416 g/mol. The first-order chi connectivity index (χ1) is 13.7. The van der Waals surface area contributed by atoms with Gasteiger partial charge in [-0.1, -0.05) is 38.1 Å². The third-order valence-corrected chi connectivity index (χ3v) is 5.41. The molecule has 154 valence electrons. The van der Waals surface area contributed by atoms with Gasteiger partial charge in [0.05, 0.1) is 10.5 Å². The van der Waals surface area contributed by atoms with Crippen LogP contribution in [0.2, 0.25) is 0 Å². The second-order valence-corrected chi connectivity index (χ2v) is 8.34. The number of hydrogen-bond donors (Lipinski definition) is 2. The van der Waals surface area contributed by atoms with E-state index in [1.807, 2.05) is 12.1 Å². The molecule has 7 nitrogen and oxygen atoms in total. The number of esters is 1. The highest BCUT2D eigenvalue weighted by molar-refractivity contribution is 7.89. The van der Waals surface area contributed by atoms with E-state index in [1.54, 1.807) is 12.1 Å². The maximum Gasteiger partial charge on any atom is 0.338 e. The Labute approximate surface area is 170 Å². The van der Waals surface area contributed by atoms with Crippen LogP contribution in [0.4, 0.5) is 5.69 Å². The number of anilines is 1. The molecule has 0 radical (unpaired) electrons. The molecule has 2 N–H and O–H groups in total. The molecule has 2 aromatic rings. The molecule has 0 aromatic heterocycles. The lowest BCUT2D eigenvalue weighted by Crippen LogP contribution is -2.24. The molecule has 2 rings (SSSR count). The molecule has 1 amide bonds. The molecule has 8 heteroatoms. The Morgan fingerprint density at radius 2 is 1.83 bits per heavy atom. The number of amides is 1. The average Bonchev–Trinajstić information content (AvgIpc) is 2.71. The second kappa shape index (κ2) is 9.99. The molecule has 0 bridgehead atoms. The largest absolute Gasteiger partial charge is 0.452 e. The summed E-state index contributed by atoms with van der Waals surface area (Å²) in [5, 5.41) is 2.64. The van der Waals surface area contributed by atoms with Gasteiger partial charge in [-0.15, -0.1) is 6.58 Å². The molecular weight excluding hydrogens is 392 g/mol. The molecule has 0 fully saturated rings. The summed E-state index contributed by atoms with van der Waals surface area (Å²) >= 11 is 0. The molecule has 0 aliphatic carbocycles. The zero-order chi connectivity index (χ0) is 21.4. The quantitative estimate of drug-likeness (QED) is 0.483. The molecule has 0 saturated heterocycles. The van der Waals surface area contributed by atoms with Crippen molar-refractivity contribution in [2.24, 2.45) is 0 Å². The lowest BCUT2D eigenvalue weighted by atomic mass is 10.0. The van der Waals surface area contributed by atoms with Gasteiger partial charge in [-0.05, 0) is 41.8 Å². The van der Waals surface area contributed by atoms with E-state index in [4.69, 9.17) is 4.74 Å². The highest BCUT2D eigenvalue weighted by atomic mass is 32.2. The van der Waals surface area contributed by atoms with Gasteiger partial charge in [0.25, 0.3) is 5.91 Å². The van der Waals surface area contributed by atoms with Gasteiger partial charge in [-0.2, -0.15) is 0 Å². The predicted molar refractivity (Wildman–Crippen MR) is 111 cm³/mol. The number of benzene rings is 2. The predicted octanol–water partition coefficient (Wildman–Crippen LogP) is 3.07. The Bertz CT molecular complexity index is 982. The van der Waals surface area contributed by atoms with E-state index >= 15 is 0 Å². The van der Waals surface area contributed by atoms with Crippen LogP contribution in [0.1, 0.15) is 35.7 Å². The summed E-state index contributed by atoms with van der Waals surface area (Å²) in [6.45, 7) is 7.17. The number of hydrogen-bond acceptors (Lipinski definition) is 5. The minimum absolute atomic E-state index is 0.0283. The van der Waals surface area contributed by atoms with Crippen molar-refractivity contribution in [2.45, 2.75) is 24.7 Å². The van der Waals surface area contributed by atoms with Crippen molar-refractivity contribution >= 4 is 27.6 Å². The van der Waals surface area contributed by atoms with Crippen LogP contribution in [0, 0.1) is 0 Å². The second-order valence-electron chi connectivity index (χ2n) is 6.57. The summed E-state index contributed by atoms with van der Waals surface area (Å²) in [6.07, 6.45) is 1.41. The lowest BCUT2D eigenvalue weighted by molar-refractivity contribution is -0.119. The van der Waals surface area contributed by atoms with Crippen LogP contribution < -0.4 is 10.0 Å². The van der Waals surface area contributed by atoms with Gasteiger partial charge in [-0.3, -0.25) is 4.79 Å². The van der Waals surface area contributed by atoms with Crippen LogP contribution in [0.3, 0.4) is 0 Å². The third kappa shape index (κ3) is 6.55. The molecule has 0 aliphatic heterocycles. The van der Waals surface area contributed by atoms with E-state index in [1.165, 1.54) is 30.3 Å². The summed E-state index contributed by atoms with van der Waals surface area (Å²) in [4.78, 5) is 24.1. The molecule has 0 saturated carbocycles. The highest BCUT2D eigenvalue weighted by Gasteiger charge is 2.17. The van der Waals surface area contributed by atoms with E-state index in [0.717, 1.165) is 5.56 Å². The van der Waals surface area contributed by atoms with Crippen LogP contribution >= 0.6 is 0 Å². The van der Waals surface area contributed by atoms with Crippen molar-refractivity contribution in [3.05, 3.63) is 72.3 Å². The van der Waals surface area contributed by atoms with Crippen LogP contribution in [-0.4, -0.2) is 33.4 Å². The molecule has 0 heterocycles. The fourth-order valence-electron chi connectivity index (χ4n) is 2.41. The smallest absolute Gasteiger partial charge is 0.338 e. The van der Waals surface area contributed by atoms with E-state index in [9.17, 15) is 18.0 Å². The number of carbonyl (C=O) groups is 2. The standard InChI is InChI=1S/C21H24N2O5S/c1-4-12-22-29(26,27)19-7-5-6-17(13-19)21(25)28-14-20(24)23-18-10-8-16(9-11-18)15(2)3/h4-11,13,15,22H,1,12,14H2,2-3H3,(H,23,24). The van der Waals surface area contributed by atoms with Gasteiger partial charge in [0.2, 0.25) is 10.0 Å². The summed E-state index contributed by atoms with van der Waals surface area (Å²) < 4.78 is 31.6. The summed E-state index contributed by atoms with van der Waals surface area (Å²) in [7, 11) is -3.77. The van der Waals surface area contributed by atoms with Crippen molar-refractivity contribution in [3.63, 3.8) is 0 Å². The van der Waals surface area contributed by atoms with Gasteiger partial charge in [0.15, 0.2) is 6.61 Å². The van der Waals surface area contributed by atoms with Crippen molar-refractivity contribution in [3.8, 4) is 0 Å². The van der Waals surface area contributed by atoms with Crippen LogP contribution in [-0.2, 0) is 19.6 Å². The van der Waals surface area contributed by atoms with Crippen molar-refractivity contribution in [1.29, 1.82) is 0 Å². The van der Waals surface area contributed by atoms with Crippen LogP contribution in [0.15, 0.2) is 66.1 Å². The number of rotatable bonds is 9. The SMILES string of the molecule is C=CCNS(=O)(=O)c1cccc(C(=O)OCC(=O)Nc2ccc(C(C)C)cc2)c1. The minimum atomic E-state index is -3.77. The van der Waals surface area contributed by atoms with Crippen LogP contribution in [0.5, 0.6) is 0 Å². The number of carbonyl (C=O) groups excluding carboxylic acids is 2. The normalized spacial score (nSPS) is 11.1. The first kappa shape index (κ1) is 22.3. The summed E-state index contributed by atoms with van der Waals surface area (Å²) in [5.41, 5.74) is 1.77. The minimum Gasteiger partial charge on any atom is -0.452 e. The fraction of sp³-hybridized carbons (Fsp3) is 0.238. The van der Waals surface area contributed by atoms with E-state index in [-0.39, 0.29) is 17.0 Å². The number of nitrogens with one attached hydrogen (secondary N) is 2. The maximum absolute atomic E-state index is 12.2. The molecule has 29 heavy (non-hydrogen) atoms. The van der Waals surface area contributed by atoms with Crippen molar-refractivity contribution < 1.29 is 22.7 Å². The Morgan fingerprint density at radius 3 is 2.45 bits per heavy atom. The Kier molecular flexibility index (Phi) is 7.69. The van der Waals surface area contributed by atoms with Gasteiger partial charge in [-0.25, -0.2) is 17.9 Å². The van der Waals surface area contributed by atoms with Crippen molar-refractivity contribution in [1.82, 2.24) is 4.72 Å². The zero-order valence-corrected chi connectivity index (χ0v) is 17.2. The first-order valence-corrected chi connectivity index (χ1v) is 10.5. The van der Waals surface area contributed by atoms with Gasteiger partial charge in [0.1, 0.15) is 0 Å². The third-order valence-electron chi connectivity index (χ3n) is 3.99. The lowest BCUT2D eigenvalue weighted by Gasteiger charge is -2.09. The summed E-state index contributed by atoms with van der Waals surface area (Å²) in [6, 6.07) is 12.8. The Hall–Kier alpha value is -2.97. The first-order valence-electron chi connectivity index (χ1n) is 9.00. The average molecular weight is 416 g/mol. The van der Waals surface area contributed by atoms with Crippen LogP contribution in [0.25, 0.3) is 0 Å². The zero-order valence-electron chi connectivity index (χ0n) is 16.3. The van der Waals surface area contributed by atoms with E-state index < -0.39 is 28.5 Å². The van der Waals surface area contributed by atoms with Crippen molar-refractivity contribution in [2.75, 3.05) is 18.5 Å². The van der Waals surface area contributed by atoms with Gasteiger partial charge in [0, 0.05) is 12.2 Å². The molecule has 2 aromatic carbocycles. The molecule has 0 aliphatic rings. The van der Waals surface area contributed by atoms with Gasteiger partial charge >= 0.3 is 5.97 Å². The number of sulfonamides is 1.